The van der Waals surface area contributed by atoms with Crippen molar-refractivity contribution in [2.75, 3.05) is 29.0 Å². The summed E-state index contributed by atoms with van der Waals surface area (Å²) in [6.45, 7) is 0.949. The molecule has 156 valence electrons. The molecule has 2 aromatic heterocycles. The average molecular weight is 433 g/mol. The molecule has 1 saturated heterocycles. The maximum atomic E-state index is 13.1. The fraction of sp³-hybridized carbons (Fsp3) is 0.125. The Hall–Kier alpha value is -3.45. The minimum absolute atomic E-state index is 0.120. The van der Waals surface area contributed by atoms with E-state index in [1.54, 1.807) is 30.4 Å². The molecule has 2 aromatic carbocycles. The number of carbonyl (C=O) groups excluding carboxylic acids is 1. The van der Waals surface area contributed by atoms with Crippen molar-refractivity contribution in [2.45, 2.75) is 0 Å². The number of aldehydes is 1. The summed E-state index contributed by atoms with van der Waals surface area (Å²) in [6, 6.07) is 18.8. The topological polar surface area (TPSA) is 58.1 Å². The van der Waals surface area contributed by atoms with Crippen LogP contribution in [0.3, 0.4) is 0 Å². The minimum atomic E-state index is -0.444. The monoisotopic (exact) mass is 432 g/mol. The van der Waals surface area contributed by atoms with E-state index in [1.807, 2.05) is 35.6 Å². The van der Waals surface area contributed by atoms with Gasteiger partial charge >= 0.3 is 0 Å². The first-order valence-electron chi connectivity index (χ1n) is 9.82. The van der Waals surface area contributed by atoms with Crippen LogP contribution in [0.4, 0.5) is 15.8 Å². The van der Waals surface area contributed by atoms with Gasteiger partial charge in [0.15, 0.2) is 6.29 Å². The second kappa shape index (κ2) is 9.57. The summed E-state index contributed by atoms with van der Waals surface area (Å²) in [5, 5.41) is 4.22. The number of aromatic nitrogens is 2. The quantitative estimate of drug-likeness (QED) is 0.342. The van der Waals surface area contributed by atoms with Crippen molar-refractivity contribution >= 4 is 40.5 Å². The lowest BCUT2D eigenvalue weighted by Gasteiger charge is -2.31. The molecule has 0 radical (unpaired) electrons. The molecule has 3 heterocycles. The number of anilines is 2. The predicted octanol–water partition coefficient (Wildman–Crippen LogP) is 5.44. The van der Waals surface area contributed by atoms with Crippen LogP contribution in [0, 0.1) is 5.82 Å². The molecule has 1 aliphatic heterocycles. The summed E-state index contributed by atoms with van der Waals surface area (Å²) in [5.41, 5.74) is 5.07. The predicted molar refractivity (Wildman–Crippen MR) is 126 cm³/mol. The Kier molecular flexibility index (Phi) is 6.43. The molecule has 7 heteroatoms. The number of halogens is 1. The van der Waals surface area contributed by atoms with Gasteiger partial charge in [0.2, 0.25) is 0 Å². The van der Waals surface area contributed by atoms with Crippen molar-refractivity contribution < 1.29 is 9.18 Å². The van der Waals surface area contributed by atoms with Gasteiger partial charge in [-0.2, -0.15) is 0 Å². The van der Waals surface area contributed by atoms with E-state index in [2.05, 4.69) is 33.5 Å². The Balaban J connectivity index is 0.000000158. The molecular formula is C24H21FN4OS. The zero-order valence-electron chi connectivity index (χ0n) is 17.0. The Morgan fingerprint density at radius 1 is 1.06 bits per heavy atom. The summed E-state index contributed by atoms with van der Waals surface area (Å²) < 4.78 is 15.1. The highest BCUT2D eigenvalue weighted by molar-refractivity contribution is 8.02. The van der Waals surface area contributed by atoms with Gasteiger partial charge in [-0.1, -0.05) is 12.1 Å². The molecule has 4 aromatic rings. The lowest BCUT2D eigenvalue weighted by Crippen LogP contribution is -2.28. The zero-order valence-corrected chi connectivity index (χ0v) is 17.8. The van der Waals surface area contributed by atoms with Crippen molar-refractivity contribution in [3.8, 4) is 11.3 Å². The van der Waals surface area contributed by atoms with E-state index < -0.39 is 5.82 Å². The van der Waals surface area contributed by atoms with Gasteiger partial charge < -0.3 is 9.62 Å². The molecule has 1 fully saturated rings. The van der Waals surface area contributed by atoms with E-state index in [1.165, 1.54) is 12.1 Å². The zero-order chi connectivity index (χ0) is 21.6. The SMILES string of the molecule is CNc1cccc(-c2nccc3ncccc23)c1.O=Cc1ccc(N2CCS2)cc1F. The summed E-state index contributed by atoms with van der Waals surface area (Å²) in [7, 11) is 1.91. The standard InChI is InChI=1S/C15H13N3.C9H8FNOS/c1-16-12-5-2-4-11(10-12)15-13-6-3-8-17-14(13)7-9-18-15;10-9-5-8(11-3-4-13-11)2-1-7(9)6-12/h2-10,16H,1H3;1-2,5-6H,3-4H2. The lowest BCUT2D eigenvalue weighted by molar-refractivity contribution is 0.112. The molecular weight excluding hydrogens is 411 g/mol. The van der Waals surface area contributed by atoms with Crippen molar-refractivity contribution in [3.63, 3.8) is 0 Å². The Morgan fingerprint density at radius 2 is 1.94 bits per heavy atom. The second-order valence-corrected chi connectivity index (χ2v) is 7.93. The van der Waals surface area contributed by atoms with E-state index in [0.29, 0.717) is 6.29 Å². The largest absolute Gasteiger partial charge is 0.388 e. The summed E-state index contributed by atoms with van der Waals surface area (Å²) in [6.07, 6.45) is 4.13. The molecule has 0 aliphatic carbocycles. The van der Waals surface area contributed by atoms with Crippen LogP contribution in [0.25, 0.3) is 22.2 Å². The minimum Gasteiger partial charge on any atom is -0.388 e. The highest BCUT2D eigenvalue weighted by atomic mass is 32.2. The molecule has 0 atom stereocenters. The van der Waals surface area contributed by atoms with Crippen LogP contribution in [-0.2, 0) is 0 Å². The molecule has 0 spiro atoms. The lowest BCUT2D eigenvalue weighted by atomic mass is 10.1. The number of nitrogens with zero attached hydrogens (tertiary/aromatic N) is 3. The third kappa shape index (κ3) is 4.67. The first kappa shape index (κ1) is 20.8. The Bertz CT molecular complexity index is 1210. The second-order valence-electron chi connectivity index (χ2n) is 6.82. The van der Waals surface area contributed by atoms with Crippen LogP contribution in [-0.4, -0.2) is 35.6 Å². The maximum absolute atomic E-state index is 13.1. The fourth-order valence-electron chi connectivity index (χ4n) is 3.21. The number of nitrogens with one attached hydrogen (secondary N) is 1. The third-order valence-corrected chi connectivity index (χ3v) is 5.97. The van der Waals surface area contributed by atoms with Crippen LogP contribution < -0.4 is 9.62 Å². The number of rotatable bonds is 4. The van der Waals surface area contributed by atoms with Crippen LogP contribution >= 0.6 is 11.9 Å². The van der Waals surface area contributed by atoms with E-state index in [9.17, 15) is 9.18 Å². The van der Waals surface area contributed by atoms with Gasteiger partial charge in [-0.15, -0.1) is 0 Å². The normalized spacial score (nSPS) is 12.5. The number of fused-ring (bicyclic) bond motifs is 1. The summed E-state index contributed by atoms with van der Waals surface area (Å²) in [5.74, 6) is 0.636. The first-order chi connectivity index (χ1) is 15.2. The fourth-order valence-corrected chi connectivity index (χ4v) is 3.84. The number of benzene rings is 2. The molecule has 0 amide bonds. The molecule has 0 unspecified atom stereocenters. The summed E-state index contributed by atoms with van der Waals surface area (Å²) >= 11 is 1.66. The molecule has 1 N–H and O–H groups in total. The molecule has 0 saturated carbocycles. The molecule has 1 aliphatic rings. The number of hydrogen-bond acceptors (Lipinski definition) is 6. The smallest absolute Gasteiger partial charge is 0.152 e. The van der Waals surface area contributed by atoms with Crippen molar-refractivity contribution in [3.05, 3.63) is 84.4 Å². The van der Waals surface area contributed by atoms with E-state index in [-0.39, 0.29) is 5.56 Å². The number of carbonyl (C=O) groups is 1. The van der Waals surface area contributed by atoms with Crippen LogP contribution in [0.15, 0.2) is 73.1 Å². The van der Waals surface area contributed by atoms with Crippen molar-refractivity contribution in [2.24, 2.45) is 0 Å². The number of hydrogen-bond donors (Lipinski definition) is 1. The molecule has 31 heavy (non-hydrogen) atoms. The molecule has 0 bridgehead atoms. The maximum Gasteiger partial charge on any atom is 0.152 e. The molecule has 5 rings (SSSR count). The van der Waals surface area contributed by atoms with Gasteiger partial charge in [0, 0.05) is 54.1 Å². The van der Waals surface area contributed by atoms with Gasteiger partial charge in [-0.05, 0) is 60.5 Å². The summed E-state index contributed by atoms with van der Waals surface area (Å²) in [4.78, 5) is 19.2. The van der Waals surface area contributed by atoms with Crippen molar-refractivity contribution in [1.29, 1.82) is 0 Å². The van der Waals surface area contributed by atoms with Crippen LogP contribution in [0.5, 0.6) is 0 Å². The van der Waals surface area contributed by atoms with Gasteiger partial charge in [-0.3, -0.25) is 14.8 Å². The van der Waals surface area contributed by atoms with E-state index in [0.717, 1.165) is 45.8 Å². The average Bonchev–Trinajstić information content (AvgIpc) is 2.78. The van der Waals surface area contributed by atoms with Gasteiger partial charge in [0.1, 0.15) is 5.82 Å². The van der Waals surface area contributed by atoms with Gasteiger partial charge in [0.05, 0.1) is 16.8 Å². The van der Waals surface area contributed by atoms with E-state index in [4.69, 9.17) is 0 Å². The van der Waals surface area contributed by atoms with Crippen LogP contribution in [0.1, 0.15) is 10.4 Å². The highest BCUT2D eigenvalue weighted by Crippen LogP contribution is 2.30. The van der Waals surface area contributed by atoms with Crippen molar-refractivity contribution in [1.82, 2.24) is 9.97 Å². The Morgan fingerprint density at radius 3 is 2.65 bits per heavy atom. The number of pyridine rings is 2. The van der Waals surface area contributed by atoms with Crippen LogP contribution in [0.2, 0.25) is 0 Å². The third-order valence-electron chi connectivity index (χ3n) is 4.89. The Labute approximate surface area is 184 Å². The van der Waals surface area contributed by atoms with Gasteiger partial charge in [-0.25, -0.2) is 4.39 Å². The molecule has 5 nitrogen and oxygen atoms in total. The van der Waals surface area contributed by atoms with E-state index >= 15 is 0 Å². The first-order valence-corrected chi connectivity index (χ1v) is 10.8. The highest BCUT2D eigenvalue weighted by Gasteiger charge is 2.16. The van der Waals surface area contributed by atoms with Gasteiger partial charge in [0.25, 0.3) is 0 Å².